The monoisotopic (exact) mass is 682 g/mol. The molecule has 0 amide bonds. The lowest BCUT2D eigenvalue weighted by molar-refractivity contribution is -0.143. The van der Waals surface area contributed by atoms with Gasteiger partial charge in [-0.1, -0.05) is 6.58 Å². The van der Waals surface area contributed by atoms with E-state index in [-0.39, 0.29) is 32.0 Å². The molecule has 0 spiro atoms. The average Bonchev–Trinajstić information content (AvgIpc) is 3.72. The van der Waals surface area contributed by atoms with Gasteiger partial charge in [0.25, 0.3) is 0 Å². The Bertz CT molecular complexity index is 1660. The number of halogens is 6. The van der Waals surface area contributed by atoms with Gasteiger partial charge in [0.1, 0.15) is 72.8 Å². The highest BCUT2D eigenvalue weighted by atomic mass is 19.2. The minimum Gasteiger partial charge on any atom is -0.466 e. The lowest BCUT2D eigenvalue weighted by Gasteiger charge is -2.16. The van der Waals surface area contributed by atoms with Crippen molar-refractivity contribution >= 4 is 23.5 Å². The molecule has 4 aromatic rings. The number of rotatable bonds is 12. The van der Waals surface area contributed by atoms with Crippen molar-refractivity contribution < 1.29 is 55.0 Å². The van der Waals surface area contributed by atoms with E-state index < -0.39 is 69.6 Å². The van der Waals surface area contributed by atoms with Crippen LogP contribution in [0.3, 0.4) is 0 Å². The summed E-state index contributed by atoms with van der Waals surface area (Å²) in [4.78, 5) is 52.9. The summed E-state index contributed by atoms with van der Waals surface area (Å²) in [5.41, 5.74) is -1.66. The van der Waals surface area contributed by atoms with E-state index in [1.54, 1.807) is 13.8 Å². The Morgan fingerprint density at radius 2 is 1.31 bits per heavy atom. The van der Waals surface area contributed by atoms with Gasteiger partial charge in [0, 0.05) is 36.8 Å². The third-order valence-corrected chi connectivity index (χ3v) is 5.75. The van der Waals surface area contributed by atoms with E-state index in [0.29, 0.717) is 30.9 Å². The molecule has 256 valence electrons. The third-order valence-electron chi connectivity index (χ3n) is 5.75. The quantitative estimate of drug-likeness (QED) is 0.0885. The van der Waals surface area contributed by atoms with E-state index in [4.69, 9.17) is 4.74 Å². The summed E-state index contributed by atoms with van der Waals surface area (Å²) in [7, 11) is 0. The number of carbonyl (C=O) groups excluding carboxylic acids is 4. The minimum atomic E-state index is -1.32. The predicted octanol–water partition coefficient (Wildman–Crippen LogP) is 4.78. The maximum absolute atomic E-state index is 13.8. The molecule has 4 rings (SSSR count). The number of ketones is 2. The van der Waals surface area contributed by atoms with Crippen LogP contribution >= 0.6 is 0 Å². The molecule has 1 atom stereocenters. The highest BCUT2D eigenvalue weighted by molar-refractivity contribution is 5.99. The smallest absolute Gasteiger partial charge is 0.330 e. The first-order valence-electron chi connectivity index (χ1n) is 13.8. The van der Waals surface area contributed by atoms with Crippen molar-refractivity contribution in [3.63, 3.8) is 0 Å². The van der Waals surface area contributed by atoms with E-state index in [0.717, 1.165) is 21.8 Å². The fourth-order valence-corrected chi connectivity index (χ4v) is 3.74. The summed E-state index contributed by atoms with van der Waals surface area (Å²) in [5, 5.41) is 7.40. The highest BCUT2D eigenvalue weighted by Gasteiger charge is 2.29. The fourth-order valence-electron chi connectivity index (χ4n) is 3.74. The zero-order valence-electron chi connectivity index (χ0n) is 25.4. The molecule has 0 aliphatic rings. The minimum absolute atomic E-state index is 0.0999. The van der Waals surface area contributed by atoms with Crippen molar-refractivity contribution in [2.45, 2.75) is 39.3 Å². The Morgan fingerprint density at radius 1 is 0.792 bits per heavy atom. The summed E-state index contributed by atoms with van der Waals surface area (Å²) in [5.74, 6) is -10.0. The SMILES string of the molecule is C=CC(=O)OCC.CCOC(=O)CCC(C(=O)c1c(F)cc(F)cc1F)n1cncn1.O=C(Cn1cncn1)c1c(F)cc(F)cc1F. The molecule has 0 aliphatic carbocycles. The van der Waals surface area contributed by atoms with E-state index in [1.165, 1.54) is 19.0 Å². The molecule has 1 unspecified atom stereocenters. The molecule has 0 aliphatic heterocycles. The summed E-state index contributed by atoms with van der Waals surface area (Å²) in [6.45, 7) is 6.81. The van der Waals surface area contributed by atoms with E-state index >= 15 is 0 Å². The van der Waals surface area contributed by atoms with Gasteiger partial charge < -0.3 is 9.47 Å². The molecule has 0 fully saturated rings. The summed E-state index contributed by atoms with van der Waals surface area (Å²) in [6.07, 6.45) is 5.63. The number of nitrogens with zero attached hydrogens (tertiary/aromatic N) is 6. The number of Topliss-reactive ketones (excluding diaryl/α,β-unsaturated/α-hetero) is 2. The Morgan fingerprint density at radius 3 is 1.75 bits per heavy atom. The fraction of sp³-hybridized carbons (Fsp3) is 0.267. The van der Waals surface area contributed by atoms with Gasteiger partial charge in [0.05, 0.1) is 24.3 Å². The van der Waals surface area contributed by atoms with Crippen LogP contribution in [-0.4, -0.2) is 66.2 Å². The van der Waals surface area contributed by atoms with E-state index in [2.05, 4.69) is 31.5 Å². The van der Waals surface area contributed by atoms with Crippen molar-refractivity contribution in [1.82, 2.24) is 29.5 Å². The zero-order valence-corrected chi connectivity index (χ0v) is 25.4. The molecule has 2 aromatic carbocycles. The Kier molecular flexibility index (Phi) is 15.3. The molecule has 0 saturated heterocycles. The second-order valence-electron chi connectivity index (χ2n) is 9.06. The van der Waals surface area contributed by atoms with Gasteiger partial charge in [-0.25, -0.2) is 50.5 Å². The van der Waals surface area contributed by atoms with Gasteiger partial charge in [0.15, 0.2) is 11.6 Å². The van der Waals surface area contributed by atoms with Crippen molar-refractivity contribution in [3.05, 3.63) is 108 Å². The third kappa shape index (κ3) is 11.6. The predicted molar refractivity (Wildman–Crippen MR) is 153 cm³/mol. The molecule has 2 heterocycles. The molecule has 0 radical (unpaired) electrons. The Hall–Kier alpha value is -5.68. The number of ether oxygens (including phenoxy) is 2. The lowest BCUT2D eigenvalue weighted by atomic mass is 9.99. The normalized spacial score (nSPS) is 10.8. The van der Waals surface area contributed by atoms with Gasteiger partial charge in [-0.05, 0) is 20.3 Å². The van der Waals surface area contributed by atoms with Gasteiger partial charge in [-0.2, -0.15) is 10.2 Å². The molecule has 0 saturated carbocycles. The van der Waals surface area contributed by atoms with Crippen LogP contribution in [0.15, 0.2) is 62.2 Å². The first-order chi connectivity index (χ1) is 22.8. The lowest BCUT2D eigenvalue weighted by Crippen LogP contribution is -2.24. The molecule has 0 N–H and O–H groups in total. The molecule has 18 heteroatoms. The standard InChI is InChI=1S/C15H14F3N3O3.C10H6F3N3O.C5H8O2/c1-2-24-13(22)4-3-12(21-8-19-7-20-21)15(23)14-10(17)5-9(16)6-11(14)18;11-6-1-7(12)10(8(13)2-6)9(17)3-16-5-14-4-15-16;1-3-5(6)7-4-2/h5-8,12H,2-4H2,1H3;1-2,4-5H,3H2;3H,1,4H2,2H3. The molecule has 2 aromatic heterocycles. The maximum Gasteiger partial charge on any atom is 0.330 e. The summed E-state index contributed by atoms with van der Waals surface area (Å²) < 4.78 is 91.2. The number of aromatic nitrogens is 6. The van der Waals surface area contributed by atoms with Crippen LogP contribution in [0.25, 0.3) is 0 Å². The topological polar surface area (TPSA) is 148 Å². The first-order valence-corrected chi connectivity index (χ1v) is 13.8. The second kappa shape index (κ2) is 19.1. The van der Waals surface area contributed by atoms with Gasteiger partial charge in [0.2, 0.25) is 0 Å². The van der Waals surface area contributed by atoms with Crippen LogP contribution in [0.5, 0.6) is 0 Å². The highest BCUT2D eigenvalue weighted by Crippen LogP contribution is 2.24. The van der Waals surface area contributed by atoms with Gasteiger partial charge >= 0.3 is 11.9 Å². The molecule has 12 nitrogen and oxygen atoms in total. The van der Waals surface area contributed by atoms with Crippen LogP contribution in [-0.2, 0) is 25.6 Å². The molecule has 0 bridgehead atoms. The van der Waals surface area contributed by atoms with E-state index in [9.17, 15) is 45.5 Å². The van der Waals surface area contributed by atoms with Crippen LogP contribution < -0.4 is 0 Å². The maximum atomic E-state index is 13.8. The average molecular weight is 683 g/mol. The number of hydrogen-bond donors (Lipinski definition) is 0. The van der Waals surface area contributed by atoms with Gasteiger partial charge in [-0.3, -0.25) is 14.4 Å². The number of hydrogen-bond acceptors (Lipinski definition) is 10. The second-order valence-corrected chi connectivity index (χ2v) is 9.06. The van der Waals surface area contributed by atoms with Crippen molar-refractivity contribution in [1.29, 1.82) is 0 Å². The Balaban J connectivity index is 0.000000289. The zero-order chi connectivity index (χ0) is 35.8. The van der Waals surface area contributed by atoms with E-state index in [1.807, 2.05) is 0 Å². The van der Waals surface area contributed by atoms with Crippen LogP contribution in [0, 0.1) is 34.9 Å². The van der Waals surface area contributed by atoms with Crippen molar-refractivity contribution in [3.8, 4) is 0 Å². The van der Waals surface area contributed by atoms with Crippen LogP contribution in [0.4, 0.5) is 26.3 Å². The molecular weight excluding hydrogens is 654 g/mol. The van der Waals surface area contributed by atoms with Crippen LogP contribution in [0.1, 0.15) is 53.4 Å². The number of carbonyl (C=O) groups is 4. The molecular formula is C30H28F6N6O6. The largest absolute Gasteiger partial charge is 0.466 e. The number of benzene rings is 2. The Labute approximate surface area is 269 Å². The number of esters is 2. The molecule has 48 heavy (non-hydrogen) atoms. The van der Waals surface area contributed by atoms with Crippen LogP contribution in [0.2, 0.25) is 0 Å². The summed E-state index contributed by atoms with van der Waals surface area (Å²) in [6, 6.07) is 0.571. The van der Waals surface area contributed by atoms with Gasteiger partial charge in [-0.15, -0.1) is 0 Å². The summed E-state index contributed by atoms with van der Waals surface area (Å²) >= 11 is 0. The van der Waals surface area contributed by atoms with Crippen molar-refractivity contribution in [2.75, 3.05) is 13.2 Å². The van der Waals surface area contributed by atoms with Crippen molar-refractivity contribution in [2.24, 2.45) is 0 Å². The first kappa shape index (κ1) is 38.5.